The average molecular weight is 590 g/mol. The standard InChI is InChI=1S/C27H25Cl2N3O6S/c1-39(37,38)19-4-2-3-15(9-19)12-23(27(35)36)31-26(34)25-20(28)10-16(11-21(25)29)5-8-24(33)17-6-7-18-14-30-32-22(18)13-17/h2-4,6-7,9-11,13-14,23-24,33H,5,8,12H2,1H3,(H,30,32)(H,31,34)(H,35,36)/t23-,24?/m0/s1. The average Bonchev–Trinajstić information content (AvgIpc) is 3.34. The number of halogens is 2. The highest BCUT2D eigenvalue weighted by Crippen LogP contribution is 2.29. The first-order valence-electron chi connectivity index (χ1n) is 11.8. The summed E-state index contributed by atoms with van der Waals surface area (Å²) < 4.78 is 23.7. The summed E-state index contributed by atoms with van der Waals surface area (Å²) in [4.78, 5) is 24.9. The van der Waals surface area contributed by atoms with E-state index in [1.54, 1.807) is 24.4 Å². The summed E-state index contributed by atoms with van der Waals surface area (Å²) in [7, 11) is -3.48. The zero-order valence-corrected chi connectivity index (χ0v) is 23.0. The Hall–Kier alpha value is -3.44. The monoisotopic (exact) mass is 589 g/mol. The van der Waals surface area contributed by atoms with Crippen LogP contribution in [-0.4, -0.2) is 53.0 Å². The molecule has 0 aliphatic heterocycles. The number of fused-ring (bicyclic) bond motifs is 1. The Kier molecular flexibility index (Phi) is 8.60. The van der Waals surface area contributed by atoms with Gasteiger partial charge in [-0.25, -0.2) is 13.2 Å². The number of amides is 1. The molecule has 0 radical (unpaired) electrons. The van der Waals surface area contributed by atoms with Crippen molar-refractivity contribution >= 4 is 55.8 Å². The molecule has 1 heterocycles. The molecule has 0 saturated carbocycles. The molecule has 2 atom stereocenters. The van der Waals surface area contributed by atoms with E-state index in [1.807, 2.05) is 18.2 Å². The number of aromatic amines is 1. The smallest absolute Gasteiger partial charge is 0.326 e. The van der Waals surface area contributed by atoms with Gasteiger partial charge in [0.25, 0.3) is 5.91 Å². The third kappa shape index (κ3) is 6.96. The fourth-order valence-electron chi connectivity index (χ4n) is 4.19. The molecule has 12 heteroatoms. The van der Waals surface area contributed by atoms with E-state index in [4.69, 9.17) is 23.2 Å². The van der Waals surface area contributed by atoms with E-state index >= 15 is 0 Å². The Morgan fingerprint density at radius 2 is 1.77 bits per heavy atom. The van der Waals surface area contributed by atoms with E-state index in [1.165, 1.54) is 18.2 Å². The summed E-state index contributed by atoms with van der Waals surface area (Å²) in [5.74, 6) is -2.09. The van der Waals surface area contributed by atoms with Crippen molar-refractivity contribution in [2.75, 3.05) is 6.26 Å². The van der Waals surface area contributed by atoms with Gasteiger partial charge in [0, 0.05) is 18.1 Å². The second-order valence-corrected chi connectivity index (χ2v) is 12.0. The van der Waals surface area contributed by atoms with Gasteiger partial charge in [0.2, 0.25) is 0 Å². The van der Waals surface area contributed by atoms with Crippen molar-refractivity contribution in [2.24, 2.45) is 0 Å². The van der Waals surface area contributed by atoms with E-state index in [0.717, 1.165) is 22.7 Å². The number of H-pyrrole nitrogens is 1. The number of aryl methyl sites for hydroxylation is 1. The molecule has 39 heavy (non-hydrogen) atoms. The van der Waals surface area contributed by atoms with Gasteiger partial charge in [-0.2, -0.15) is 5.10 Å². The van der Waals surface area contributed by atoms with Crippen LogP contribution in [0.1, 0.15) is 39.6 Å². The molecule has 0 bridgehead atoms. The first-order valence-corrected chi connectivity index (χ1v) is 14.5. The molecule has 1 unspecified atom stereocenters. The van der Waals surface area contributed by atoms with Crippen molar-refractivity contribution in [3.63, 3.8) is 0 Å². The van der Waals surface area contributed by atoms with Crippen LogP contribution in [0.15, 0.2) is 65.7 Å². The molecular weight excluding hydrogens is 565 g/mol. The lowest BCUT2D eigenvalue weighted by atomic mass is 9.99. The number of carboxylic acids is 1. The molecule has 0 fully saturated rings. The number of aliphatic carboxylic acids is 1. The van der Waals surface area contributed by atoms with Gasteiger partial charge in [-0.15, -0.1) is 0 Å². The van der Waals surface area contributed by atoms with Crippen molar-refractivity contribution in [3.8, 4) is 0 Å². The van der Waals surface area contributed by atoms with Crippen molar-refractivity contribution in [3.05, 3.63) is 93.1 Å². The molecule has 0 saturated heterocycles. The Morgan fingerprint density at radius 3 is 2.44 bits per heavy atom. The number of hydrogen-bond acceptors (Lipinski definition) is 6. The SMILES string of the molecule is CS(=O)(=O)c1cccc(C[C@H](NC(=O)c2c(Cl)cc(CCC(O)c3ccc4cn[nH]c4c3)cc2Cl)C(=O)O)c1. The number of nitrogens with one attached hydrogen (secondary N) is 2. The number of carbonyl (C=O) groups excluding carboxylic acids is 1. The van der Waals surface area contributed by atoms with Crippen LogP contribution in [0.5, 0.6) is 0 Å². The minimum atomic E-state index is -3.48. The Morgan fingerprint density at radius 1 is 1.05 bits per heavy atom. The van der Waals surface area contributed by atoms with Gasteiger partial charge in [-0.05, 0) is 59.9 Å². The zero-order valence-electron chi connectivity index (χ0n) is 20.7. The van der Waals surface area contributed by atoms with Crippen LogP contribution >= 0.6 is 23.2 Å². The van der Waals surface area contributed by atoms with Gasteiger partial charge in [0.05, 0.1) is 38.3 Å². The minimum Gasteiger partial charge on any atom is -0.480 e. The van der Waals surface area contributed by atoms with Crippen LogP contribution in [0.4, 0.5) is 0 Å². The molecule has 4 rings (SSSR count). The van der Waals surface area contributed by atoms with Crippen LogP contribution < -0.4 is 5.32 Å². The Labute approximate surface area is 234 Å². The van der Waals surface area contributed by atoms with Crippen molar-refractivity contribution in [1.29, 1.82) is 0 Å². The highest BCUT2D eigenvalue weighted by atomic mass is 35.5. The van der Waals surface area contributed by atoms with E-state index < -0.39 is 33.9 Å². The third-order valence-electron chi connectivity index (χ3n) is 6.26. The van der Waals surface area contributed by atoms with Gasteiger partial charge < -0.3 is 15.5 Å². The maximum Gasteiger partial charge on any atom is 0.326 e. The lowest BCUT2D eigenvalue weighted by Gasteiger charge is -2.17. The summed E-state index contributed by atoms with van der Waals surface area (Å²) in [6, 6.07) is 13.1. The van der Waals surface area contributed by atoms with Crippen molar-refractivity contribution < 1.29 is 28.2 Å². The van der Waals surface area contributed by atoms with Crippen LogP contribution in [0.3, 0.4) is 0 Å². The first kappa shape index (κ1) is 28.6. The minimum absolute atomic E-state index is 0.0339. The summed E-state index contributed by atoms with van der Waals surface area (Å²) in [6.45, 7) is 0. The second kappa shape index (κ2) is 11.7. The largest absolute Gasteiger partial charge is 0.480 e. The van der Waals surface area contributed by atoms with Crippen LogP contribution in [0.25, 0.3) is 10.9 Å². The fourth-order valence-corrected chi connectivity index (χ4v) is 5.58. The third-order valence-corrected chi connectivity index (χ3v) is 7.96. The number of hydrogen-bond donors (Lipinski definition) is 4. The second-order valence-electron chi connectivity index (χ2n) is 9.19. The number of carboxylic acid groups (broad SMARTS) is 1. The molecule has 0 spiro atoms. The lowest BCUT2D eigenvalue weighted by Crippen LogP contribution is -2.42. The lowest BCUT2D eigenvalue weighted by molar-refractivity contribution is -0.139. The fraction of sp³-hybridized carbons (Fsp3) is 0.222. The number of aliphatic hydroxyl groups excluding tert-OH is 1. The highest BCUT2D eigenvalue weighted by Gasteiger charge is 2.25. The van der Waals surface area contributed by atoms with Gasteiger partial charge in [0.15, 0.2) is 9.84 Å². The quantitative estimate of drug-likeness (QED) is 0.214. The van der Waals surface area contributed by atoms with Gasteiger partial charge in [-0.1, -0.05) is 47.5 Å². The molecule has 0 aliphatic carbocycles. The first-order chi connectivity index (χ1) is 18.4. The predicted octanol–water partition coefficient (Wildman–Crippen LogP) is 4.37. The molecule has 1 amide bonds. The number of rotatable bonds is 10. The molecule has 0 aliphatic rings. The summed E-state index contributed by atoms with van der Waals surface area (Å²) in [5, 5.41) is 30.6. The topological polar surface area (TPSA) is 149 Å². The van der Waals surface area contributed by atoms with E-state index in [0.29, 0.717) is 24.0 Å². The molecular formula is C27H25Cl2N3O6S. The number of benzene rings is 3. The van der Waals surface area contributed by atoms with E-state index in [-0.39, 0.29) is 26.9 Å². The molecule has 9 nitrogen and oxygen atoms in total. The molecule has 3 aromatic carbocycles. The maximum atomic E-state index is 13.0. The molecule has 4 N–H and O–H groups in total. The van der Waals surface area contributed by atoms with Crippen molar-refractivity contribution in [2.45, 2.75) is 36.3 Å². The number of aliphatic hydroxyl groups is 1. The number of sulfone groups is 1. The number of aromatic nitrogens is 2. The van der Waals surface area contributed by atoms with Crippen LogP contribution in [0, 0.1) is 0 Å². The molecule has 4 aromatic rings. The maximum absolute atomic E-state index is 13.0. The summed E-state index contributed by atoms with van der Waals surface area (Å²) in [5.41, 5.74) is 2.57. The van der Waals surface area contributed by atoms with E-state index in [2.05, 4.69) is 15.5 Å². The Balaban J connectivity index is 1.45. The van der Waals surface area contributed by atoms with Gasteiger partial charge in [-0.3, -0.25) is 9.89 Å². The normalized spacial score (nSPS) is 13.2. The van der Waals surface area contributed by atoms with Gasteiger partial charge >= 0.3 is 5.97 Å². The highest BCUT2D eigenvalue weighted by molar-refractivity contribution is 7.90. The summed E-state index contributed by atoms with van der Waals surface area (Å²) >= 11 is 12.8. The van der Waals surface area contributed by atoms with Gasteiger partial charge in [0.1, 0.15) is 6.04 Å². The molecule has 204 valence electrons. The Bertz CT molecular complexity index is 1630. The van der Waals surface area contributed by atoms with Crippen LogP contribution in [-0.2, 0) is 27.5 Å². The predicted molar refractivity (Wildman–Crippen MR) is 148 cm³/mol. The number of nitrogens with zero attached hydrogens (tertiary/aromatic N) is 1. The zero-order chi connectivity index (χ0) is 28.3. The summed E-state index contributed by atoms with van der Waals surface area (Å²) in [6.07, 6.45) is 2.62. The van der Waals surface area contributed by atoms with Crippen LogP contribution in [0.2, 0.25) is 10.0 Å². The molecule has 1 aromatic heterocycles. The number of carbonyl (C=O) groups is 2. The van der Waals surface area contributed by atoms with Crippen molar-refractivity contribution in [1.82, 2.24) is 15.5 Å². The van der Waals surface area contributed by atoms with E-state index in [9.17, 15) is 28.2 Å².